The monoisotopic (exact) mass is 402 g/mol. The molecule has 0 bridgehead atoms. The molecule has 0 saturated heterocycles. The number of hydrogen-bond acceptors (Lipinski definition) is 2. The molecular weight excluding hydrogens is 391 g/mol. The van der Waals surface area contributed by atoms with E-state index in [1.54, 1.807) is 0 Å². The van der Waals surface area contributed by atoms with Gasteiger partial charge in [-0.1, -0.05) is 6.07 Å². The van der Waals surface area contributed by atoms with Crippen LogP contribution in [0.4, 0.5) is 17.1 Å². The zero-order valence-electron chi connectivity index (χ0n) is 9.30. The lowest BCUT2D eigenvalue weighted by molar-refractivity contribution is 1.42. The molecule has 0 amide bonds. The van der Waals surface area contributed by atoms with Gasteiger partial charge in [0.25, 0.3) is 0 Å². The van der Waals surface area contributed by atoms with Crippen molar-refractivity contribution in [1.82, 2.24) is 0 Å². The highest BCUT2D eigenvalue weighted by molar-refractivity contribution is 14.1. The molecule has 0 atom stereocenters. The molecule has 0 heterocycles. The van der Waals surface area contributed by atoms with Crippen molar-refractivity contribution in [2.45, 2.75) is 6.92 Å². The van der Waals surface area contributed by atoms with Crippen LogP contribution in [-0.4, -0.2) is 0 Å². The molecule has 0 aliphatic rings. The number of nitrogen functional groups attached to an aromatic ring is 1. The third kappa shape index (κ3) is 3.13. The van der Waals surface area contributed by atoms with Gasteiger partial charge in [-0.25, -0.2) is 0 Å². The number of aryl methyl sites for hydroxylation is 1. The third-order valence-electron chi connectivity index (χ3n) is 2.38. The summed E-state index contributed by atoms with van der Waals surface area (Å²) >= 11 is 5.81. The Labute approximate surface area is 123 Å². The minimum Gasteiger partial charge on any atom is -0.399 e. The molecule has 2 nitrogen and oxygen atoms in total. The van der Waals surface area contributed by atoms with E-state index in [-0.39, 0.29) is 0 Å². The molecule has 0 aliphatic carbocycles. The molecule has 3 N–H and O–H groups in total. The van der Waals surface area contributed by atoms with Gasteiger partial charge in [0.15, 0.2) is 0 Å². The van der Waals surface area contributed by atoms with Crippen LogP contribution in [0.2, 0.25) is 0 Å². The molecule has 2 aromatic rings. The van der Waals surface area contributed by atoms with Crippen molar-refractivity contribution < 1.29 is 0 Å². The summed E-state index contributed by atoms with van der Waals surface area (Å²) in [6, 6.07) is 12.1. The maximum Gasteiger partial charge on any atom is 0.0531 e. The Balaban J connectivity index is 2.34. The van der Waals surface area contributed by atoms with E-state index >= 15 is 0 Å². The zero-order valence-corrected chi connectivity index (χ0v) is 13.0. The molecule has 17 heavy (non-hydrogen) atoms. The molecule has 0 radical (unpaired) electrons. The highest BCUT2D eigenvalue weighted by Gasteiger charge is 2.04. The number of halogens is 2. The van der Waals surface area contributed by atoms with Gasteiger partial charge in [-0.3, -0.25) is 0 Å². The largest absolute Gasteiger partial charge is 0.399 e. The molecule has 0 aliphatic heterocycles. The highest BCUT2D eigenvalue weighted by atomic mass is 127. The Morgan fingerprint density at radius 1 is 1.12 bits per heavy atom. The first-order chi connectivity index (χ1) is 8.06. The van der Waals surface area contributed by atoms with E-state index in [4.69, 9.17) is 5.73 Å². The van der Waals surface area contributed by atoms with Crippen LogP contribution >= 0.6 is 38.5 Å². The summed E-state index contributed by atoms with van der Waals surface area (Å²) in [5, 5.41) is 3.40. The average molecular weight is 403 g/mol. The summed E-state index contributed by atoms with van der Waals surface area (Å²) < 4.78 is 2.16. The summed E-state index contributed by atoms with van der Waals surface area (Å²) in [5.74, 6) is 0. The molecule has 0 unspecified atom stereocenters. The number of hydrogen-bond donors (Lipinski definition) is 2. The topological polar surface area (TPSA) is 38.0 Å². The first-order valence-electron chi connectivity index (χ1n) is 5.14. The standard InChI is InChI=1S/C13H12BrIN2/c1-8-2-4-10(14)13(6-8)17-12-5-3-9(16)7-11(12)15/h2-7,17H,16H2,1H3. The lowest BCUT2D eigenvalue weighted by atomic mass is 10.2. The van der Waals surface area contributed by atoms with E-state index < -0.39 is 0 Å². The van der Waals surface area contributed by atoms with E-state index in [0.717, 1.165) is 25.1 Å². The van der Waals surface area contributed by atoms with Crippen LogP contribution in [-0.2, 0) is 0 Å². The first-order valence-corrected chi connectivity index (χ1v) is 7.01. The van der Waals surface area contributed by atoms with Crippen LogP contribution in [0.5, 0.6) is 0 Å². The van der Waals surface area contributed by atoms with E-state index in [1.165, 1.54) is 5.56 Å². The van der Waals surface area contributed by atoms with Gasteiger partial charge in [0.2, 0.25) is 0 Å². The van der Waals surface area contributed by atoms with Crippen molar-refractivity contribution in [2.75, 3.05) is 11.1 Å². The summed E-state index contributed by atoms with van der Waals surface area (Å²) in [4.78, 5) is 0. The van der Waals surface area contributed by atoms with Gasteiger partial charge < -0.3 is 11.1 Å². The lowest BCUT2D eigenvalue weighted by Crippen LogP contribution is -1.96. The van der Waals surface area contributed by atoms with E-state index in [2.05, 4.69) is 62.9 Å². The van der Waals surface area contributed by atoms with Crippen molar-refractivity contribution in [2.24, 2.45) is 0 Å². The van der Waals surface area contributed by atoms with Crippen LogP contribution in [0.1, 0.15) is 5.56 Å². The molecule has 2 aromatic carbocycles. The Hall–Kier alpha value is -0.750. The Morgan fingerprint density at radius 2 is 1.88 bits per heavy atom. The quantitative estimate of drug-likeness (QED) is 0.565. The number of benzene rings is 2. The number of nitrogens with one attached hydrogen (secondary N) is 1. The fourth-order valence-corrected chi connectivity index (χ4v) is 2.53. The molecule has 0 saturated carbocycles. The van der Waals surface area contributed by atoms with Gasteiger partial charge in [0.1, 0.15) is 0 Å². The van der Waals surface area contributed by atoms with Crippen molar-refractivity contribution >= 4 is 55.6 Å². The SMILES string of the molecule is Cc1ccc(Br)c(Nc2ccc(N)cc2I)c1. The van der Waals surface area contributed by atoms with E-state index in [9.17, 15) is 0 Å². The van der Waals surface area contributed by atoms with Gasteiger partial charge in [-0.05, 0) is 81.3 Å². The molecule has 4 heteroatoms. The second kappa shape index (κ2) is 5.27. The predicted octanol–water partition coefficient (Wildman–Crippen LogP) is 4.69. The van der Waals surface area contributed by atoms with Gasteiger partial charge in [-0.15, -0.1) is 0 Å². The van der Waals surface area contributed by atoms with Crippen LogP contribution < -0.4 is 11.1 Å². The van der Waals surface area contributed by atoms with Crippen LogP contribution in [0.3, 0.4) is 0 Å². The molecule has 0 fully saturated rings. The fourth-order valence-electron chi connectivity index (χ4n) is 1.51. The molecule has 0 aromatic heterocycles. The minimum atomic E-state index is 0.781. The Kier molecular flexibility index (Phi) is 3.93. The number of anilines is 3. The summed E-state index contributed by atoms with van der Waals surface area (Å²) in [5.41, 5.74) is 9.86. The van der Waals surface area contributed by atoms with Gasteiger partial charge >= 0.3 is 0 Å². The number of rotatable bonds is 2. The van der Waals surface area contributed by atoms with Crippen LogP contribution in [0.15, 0.2) is 40.9 Å². The van der Waals surface area contributed by atoms with Crippen molar-refractivity contribution in [3.05, 3.63) is 50.0 Å². The zero-order chi connectivity index (χ0) is 12.4. The maximum atomic E-state index is 5.73. The van der Waals surface area contributed by atoms with Crippen LogP contribution in [0, 0.1) is 10.5 Å². The molecule has 0 spiro atoms. The fraction of sp³-hybridized carbons (Fsp3) is 0.0769. The van der Waals surface area contributed by atoms with Crippen molar-refractivity contribution in [3.63, 3.8) is 0 Å². The van der Waals surface area contributed by atoms with Gasteiger partial charge in [-0.2, -0.15) is 0 Å². The normalized spacial score (nSPS) is 10.3. The smallest absolute Gasteiger partial charge is 0.0531 e. The average Bonchev–Trinajstić information content (AvgIpc) is 2.27. The summed E-state index contributed by atoms with van der Waals surface area (Å²) in [7, 11) is 0. The second-order valence-corrected chi connectivity index (χ2v) is 5.86. The molecule has 2 rings (SSSR count). The molecule has 88 valence electrons. The second-order valence-electron chi connectivity index (χ2n) is 3.85. The molecular formula is C13H12BrIN2. The predicted molar refractivity (Wildman–Crippen MR) is 85.7 cm³/mol. The van der Waals surface area contributed by atoms with E-state index in [1.807, 2.05) is 24.3 Å². The van der Waals surface area contributed by atoms with Gasteiger partial charge in [0, 0.05) is 13.7 Å². The van der Waals surface area contributed by atoms with Gasteiger partial charge in [0.05, 0.1) is 11.4 Å². The third-order valence-corrected chi connectivity index (χ3v) is 3.97. The van der Waals surface area contributed by atoms with Crippen LogP contribution in [0.25, 0.3) is 0 Å². The minimum absolute atomic E-state index is 0.781. The lowest BCUT2D eigenvalue weighted by Gasteiger charge is -2.11. The number of nitrogens with two attached hydrogens (primary N) is 1. The summed E-state index contributed by atoms with van der Waals surface area (Å²) in [6.45, 7) is 2.07. The van der Waals surface area contributed by atoms with Crippen molar-refractivity contribution in [1.29, 1.82) is 0 Å². The first kappa shape index (κ1) is 12.7. The highest BCUT2D eigenvalue weighted by Crippen LogP contribution is 2.29. The van der Waals surface area contributed by atoms with E-state index in [0.29, 0.717) is 0 Å². The summed E-state index contributed by atoms with van der Waals surface area (Å²) in [6.07, 6.45) is 0. The maximum absolute atomic E-state index is 5.73. The Morgan fingerprint density at radius 3 is 2.59 bits per heavy atom. The Bertz CT molecular complexity index is 555. The van der Waals surface area contributed by atoms with Crippen molar-refractivity contribution in [3.8, 4) is 0 Å².